The molecule has 1 aliphatic heterocycles. The minimum Gasteiger partial charge on any atom is -0.496 e. The van der Waals surface area contributed by atoms with Crippen molar-refractivity contribution in [3.05, 3.63) is 78.9 Å². The van der Waals surface area contributed by atoms with Crippen molar-refractivity contribution >= 4 is 35.0 Å². The molecule has 1 unspecified atom stereocenters. The summed E-state index contributed by atoms with van der Waals surface area (Å²) in [5.41, 5.74) is 3.01. The van der Waals surface area contributed by atoms with Crippen molar-refractivity contribution in [3.63, 3.8) is 0 Å². The molecule has 1 atom stereocenters. The molecule has 1 aromatic heterocycles. The van der Waals surface area contributed by atoms with E-state index in [1.807, 2.05) is 90.4 Å². The van der Waals surface area contributed by atoms with Gasteiger partial charge in [-0.25, -0.2) is 0 Å². The lowest BCUT2D eigenvalue weighted by Gasteiger charge is -2.27. The molecule has 3 aromatic carbocycles. The fourth-order valence-electron chi connectivity index (χ4n) is 4.34. The van der Waals surface area contributed by atoms with Crippen LogP contribution < -0.4 is 15.0 Å². The lowest BCUT2D eigenvalue weighted by molar-refractivity contribution is -0.117. The van der Waals surface area contributed by atoms with Crippen molar-refractivity contribution in [2.75, 3.05) is 23.1 Å². The standard InChI is InChI=1S/C27H25N5O3S/c1-18-16-24(33)28-21-13-7-8-14-22(21)31(18)25(34)17-36-27-30-29-26(20-12-6-9-15-23(20)35-2)32(27)19-10-4-3-5-11-19/h3-15,18H,16-17H2,1-2H3,(H,28,33). The molecule has 0 radical (unpaired) electrons. The molecule has 36 heavy (non-hydrogen) atoms. The Morgan fingerprint density at radius 3 is 2.56 bits per heavy atom. The van der Waals surface area contributed by atoms with E-state index in [1.165, 1.54) is 11.8 Å². The van der Waals surface area contributed by atoms with Crippen LogP contribution in [0.5, 0.6) is 5.75 Å². The molecule has 0 saturated heterocycles. The van der Waals surface area contributed by atoms with Gasteiger partial charge in [0.1, 0.15) is 5.75 Å². The SMILES string of the molecule is COc1ccccc1-c1nnc(SCC(=O)N2c3ccccc3NC(=O)CC2C)n1-c1ccccc1. The highest BCUT2D eigenvalue weighted by Crippen LogP contribution is 2.35. The first-order valence-electron chi connectivity index (χ1n) is 11.5. The summed E-state index contributed by atoms with van der Waals surface area (Å²) in [6.07, 6.45) is 0.225. The first-order valence-corrected chi connectivity index (χ1v) is 12.5. The molecule has 0 bridgehead atoms. The average Bonchev–Trinajstić information content (AvgIpc) is 3.27. The topological polar surface area (TPSA) is 89.4 Å². The molecule has 2 heterocycles. The Morgan fingerprint density at radius 2 is 1.75 bits per heavy atom. The van der Waals surface area contributed by atoms with Gasteiger partial charge >= 0.3 is 0 Å². The predicted octanol–water partition coefficient (Wildman–Crippen LogP) is 4.80. The Kier molecular flexibility index (Phi) is 6.73. The van der Waals surface area contributed by atoms with Gasteiger partial charge in [-0.1, -0.05) is 54.2 Å². The van der Waals surface area contributed by atoms with Crippen molar-refractivity contribution in [2.45, 2.75) is 24.5 Å². The van der Waals surface area contributed by atoms with Gasteiger partial charge in [0.05, 0.1) is 29.8 Å². The molecule has 8 nitrogen and oxygen atoms in total. The van der Waals surface area contributed by atoms with Crippen molar-refractivity contribution in [2.24, 2.45) is 0 Å². The zero-order valence-electron chi connectivity index (χ0n) is 19.9. The largest absolute Gasteiger partial charge is 0.496 e. The fourth-order valence-corrected chi connectivity index (χ4v) is 5.15. The van der Waals surface area contributed by atoms with Crippen LogP contribution in [0.15, 0.2) is 84.0 Å². The molecule has 0 aliphatic carbocycles. The van der Waals surface area contributed by atoms with Crippen LogP contribution in [0.1, 0.15) is 13.3 Å². The summed E-state index contributed by atoms with van der Waals surface area (Å²) in [6, 6.07) is 24.5. The van der Waals surface area contributed by atoms with Gasteiger partial charge in [-0.15, -0.1) is 10.2 Å². The highest BCUT2D eigenvalue weighted by atomic mass is 32.2. The van der Waals surface area contributed by atoms with E-state index in [2.05, 4.69) is 15.5 Å². The summed E-state index contributed by atoms with van der Waals surface area (Å²) >= 11 is 1.31. The van der Waals surface area contributed by atoms with Crippen molar-refractivity contribution in [1.29, 1.82) is 0 Å². The number of aromatic nitrogens is 3. The molecule has 1 N–H and O–H groups in total. The van der Waals surface area contributed by atoms with Crippen LogP contribution in [0.25, 0.3) is 17.1 Å². The van der Waals surface area contributed by atoms with Crippen molar-refractivity contribution < 1.29 is 14.3 Å². The number of para-hydroxylation sites is 4. The van der Waals surface area contributed by atoms with E-state index < -0.39 is 0 Å². The maximum absolute atomic E-state index is 13.5. The zero-order valence-corrected chi connectivity index (χ0v) is 20.7. The van der Waals surface area contributed by atoms with Gasteiger partial charge < -0.3 is 15.0 Å². The maximum Gasteiger partial charge on any atom is 0.237 e. The van der Waals surface area contributed by atoms with Gasteiger partial charge in [0.25, 0.3) is 0 Å². The minimum absolute atomic E-state index is 0.108. The molecule has 1 aliphatic rings. The number of nitrogens with one attached hydrogen (secondary N) is 1. The number of hydrogen-bond acceptors (Lipinski definition) is 6. The second-order valence-corrected chi connectivity index (χ2v) is 9.29. The van der Waals surface area contributed by atoms with Gasteiger partial charge in [-0.3, -0.25) is 14.2 Å². The van der Waals surface area contributed by atoms with Crippen LogP contribution in [0.2, 0.25) is 0 Å². The van der Waals surface area contributed by atoms with E-state index >= 15 is 0 Å². The minimum atomic E-state index is -0.280. The predicted molar refractivity (Wildman–Crippen MR) is 141 cm³/mol. The van der Waals surface area contributed by atoms with Crippen LogP contribution >= 0.6 is 11.8 Å². The Balaban J connectivity index is 1.48. The number of thioether (sulfide) groups is 1. The maximum atomic E-state index is 13.5. The molecular weight excluding hydrogens is 474 g/mol. The lowest BCUT2D eigenvalue weighted by atomic mass is 10.2. The quantitative estimate of drug-likeness (QED) is 0.384. The van der Waals surface area contributed by atoms with Crippen LogP contribution in [-0.2, 0) is 9.59 Å². The summed E-state index contributed by atoms with van der Waals surface area (Å²) < 4.78 is 7.49. The van der Waals surface area contributed by atoms with Gasteiger partial charge in [-0.2, -0.15) is 0 Å². The highest BCUT2D eigenvalue weighted by Gasteiger charge is 2.30. The number of carbonyl (C=O) groups excluding carboxylic acids is 2. The number of anilines is 2. The van der Waals surface area contributed by atoms with Gasteiger partial charge in [0.15, 0.2) is 11.0 Å². The molecule has 4 aromatic rings. The number of carbonyl (C=O) groups is 2. The molecule has 9 heteroatoms. The molecule has 0 fully saturated rings. The van der Waals surface area contributed by atoms with E-state index in [0.29, 0.717) is 28.1 Å². The van der Waals surface area contributed by atoms with Crippen LogP contribution in [0.3, 0.4) is 0 Å². The summed E-state index contributed by atoms with van der Waals surface area (Å²) in [5, 5.41) is 12.4. The van der Waals surface area contributed by atoms with Crippen molar-refractivity contribution in [3.8, 4) is 22.8 Å². The van der Waals surface area contributed by atoms with E-state index in [9.17, 15) is 9.59 Å². The molecular formula is C27H25N5O3S. The third-order valence-corrected chi connectivity index (χ3v) is 6.86. The van der Waals surface area contributed by atoms with Gasteiger partial charge in [0, 0.05) is 18.2 Å². The summed E-state index contributed by atoms with van der Waals surface area (Å²) in [5.74, 6) is 1.21. The molecule has 2 amide bonds. The van der Waals surface area contributed by atoms with Crippen LogP contribution in [0, 0.1) is 0 Å². The zero-order chi connectivity index (χ0) is 25.1. The highest BCUT2D eigenvalue weighted by molar-refractivity contribution is 7.99. The normalized spacial score (nSPS) is 15.1. The number of ether oxygens (including phenoxy) is 1. The molecule has 0 saturated carbocycles. The van der Waals surface area contributed by atoms with E-state index in [-0.39, 0.29) is 30.0 Å². The van der Waals surface area contributed by atoms with Crippen LogP contribution in [-0.4, -0.2) is 45.5 Å². The second-order valence-electron chi connectivity index (χ2n) is 8.35. The Labute approximate surface area is 213 Å². The number of hydrogen-bond donors (Lipinski definition) is 1. The second kappa shape index (κ2) is 10.2. The third kappa shape index (κ3) is 4.57. The monoisotopic (exact) mass is 499 g/mol. The Morgan fingerprint density at radius 1 is 1.03 bits per heavy atom. The summed E-state index contributed by atoms with van der Waals surface area (Å²) in [4.78, 5) is 27.5. The lowest BCUT2D eigenvalue weighted by Crippen LogP contribution is -2.40. The molecule has 5 rings (SSSR count). The Hall–Kier alpha value is -4.11. The fraction of sp³-hybridized carbons (Fsp3) is 0.185. The molecule has 0 spiro atoms. The summed E-state index contributed by atoms with van der Waals surface area (Å²) in [7, 11) is 1.62. The first-order chi connectivity index (χ1) is 17.6. The van der Waals surface area contributed by atoms with Gasteiger partial charge in [0.2, 0.25) is 11.8 Å². The van der Waals surface area contributed by atoms with E-state index in [1.54, 1.807) is 12.0 Å². The number of benzene rings is 3. The third-order valence-electron chi connectivity index (χ3n) is 5.95. The number of fused-ring (bicyclic) bond motifs is 1. The van der Waals surface area contributed by atoms with Crippen LogP contribution in [0.4, 0.5) is 11.4 Å². The average molecular weight is 500 g/mol. The molecule has 182 valence electrons. The van der Waals surface area contributed by atoms with E-state index in [0.717, 1.165) is 11.3 Å². The number of amides is 2. The van der Waals surface area contributed by atoms with E-state index in [4.69, 9.17) is 4.74 Å². The number of methoxy groups -OCH3 is 1. The number of rotatable bonds is 6. The summed E-state index contributed by atoms with van der Waals surface area (Å²) in [6.45, 7) is 1.89. The van der Waals surface area contributed by atoms with Crippen molar-refractivity contribution in [1.82, 2.24) is 14.8 Å². The number of nitrogens with zero attached hydrogens (tertiary/aromatic N) is 4. The van der Waals surface area contributed by atoms with Gasteiger partial charge in [-0.05, 0) is 43.3 Å². The smallest absolute Gasteiger partial charge is 0.237 e. The first kappa shape index (κ1) is 23.6. The Bertz CT molecular complexity index is 1410.